The van der Waals surface area contributed by atoms with E-state index < -0.39 is 0 Å². The summed E-state index contributed by atoms with van der Waals surface area (Å²) in [6, 6.07) is 16.3. The number of carbonyl (C=O) groups is 2. The zero-order chi connectivity index (χ0) is 19.5. The van der Waals surface area contributed by atoms with E-state index in [0.717, 1.165) is 40.9 Å². The fourth-order valence-corrected chi connectivity index (χ4v) is 4.56. The van der Waals surface area contributed by atoms with E-state index in [9.17, 15) is 9.59 Å². The van der Waals surface area contributed by atoms with E-state index in [-0.39, 0.29) is 24.7 Å². The van der Waals surface area contributed by atoms with Crippen LogP contribution in [0.3, 0.4) is 0 Å². The molecule has 0 radical (unpaired) electrons. The van der Waals surface area contributed by atoms with Crippen molar-refractivity contribution in [2.45, 2.75) is 38.3 Å². The van der Waals surface area contributed by atoms with Crippen LogP contribution in [0.15, 0.2) is 53.0 Å². The van der Waals surface area contributed by atoms with Crippen LogP contribution in [0.2, 0.25) is 0 Å². The number of carbonyl (C=O) groups excluding carboxylic acids is 2. The number of amides is 2. The summed E-state index contributed by atoms with van der Waals surface area (Å²) >= 11 is 3.43. The lowest BCUT2D eigenvalue weighted by Gasteiger charge is -2.40. The molecule has 2 aliphatic rings. The molecule has 0 saturated carbocycles. The van der Waals surface area contributed by atoms with Crippen molar-refractivity contribution in [1.82, 2.24) is 5.32 Å². The Morgan fingerprint density at radius 3 is 2.71 bits per heavy atom. The Bertz CT molecular complexity index is 886. The molecule has 0 aliphatic carbocycles. The first kappa shape index (κ1) is 19.0. The minimum Gasteiger partial charge on any atom is -0.365 e. The predicted octanol–water partition coefficient (Wildman–Crippen LogP) is 3.86. The van der Waals surface area contributed by atoms with Crippen molar-refractivity contribution in [3.63, 3.8) is 0 Å². The first-order valence-electron chi connectivity index (χ1n) is 9.79. The van der Waals surface area contributed by atoms with Crippen LogP contribution >= 0.6 is 15.9 Å². The standard InChI is InChI=1S/C22H24BrN3O2/c23-17-6-3-5-16(13-17)14-24-21(27)10-11-22(28)26-15-18-7-4-12-25(18)19-8-1-2-9-20(19)26/h1-3,5-6,8-9,13,18H,4,7,10-12,14-15H2,(H,24,27)/t18-/m1/s1. The normalized spacial score (nSPS) is 17.8. The zero-order valence-electron chi connectivity index (χ0n) is 15.7. The molecule has 1 N–H and O–H groups in total. The Morgan fingerprint density at radius 2 is 1.89 bits per heavy atom. The molecule has 0 bridgehead atoms. The molecule has 0 unspecified atom stereocenters. The summed E-state index contributed by atoms with van der Waals surface area (Å²) < 4.78 is 0.985. The number of hydrogen-bond donors (Lipinski definition) is 1. The summed E-state index contributed by atoms with van der Waals surface area (Å²) in [4.78, 5) is 29.4. The van der Waals surface area contributed by atoms with Gasteiger partial charge >= 0.3 is 0 Å². The third-order valence-corrected chi connectivity index (χ3v) is 5.99. The number of nitrogens with zero attached hydrogens (tertiary/aromatic N) is 2. The van der Waals surface area contributed by atoms with Gasteiger partial charge in [0, 0.05) is 43.0 Å². The summed E-state index contributed by atoms with van der Waals surface area (Å²) in [5.74, 6) is -0.0716. The highest BCUT2D eigenvalue weighted by atomic mass is 79.9. The Kier molecular flexibility index (Phi) is 5.67. The minimum absolute atomic E-state index is 0.0246. The second kappa shape index (κ2) is 8.35. The third-order valence-electron chi connectivity index (χ3n) is 5.50. The summed E-state index contributed by atoms with van der Waals surface area (Å²) in [6.07, 6.45) is 2.72. The van der Waals surface area contributed by atoms with Gasteiger partial charge in [0.1, 0.15) is 0 Å². The molecule has 0 aromatic heterocycles. The molecule has 2 aromatic carbocycles. The number of rotatable bonds is 5. The van der Waals surface area contributed by atoms with Crippen LogP contribution in [-0.4, -0.2) is 30.9 Å². The van der Waals surface area contributed by atoms with Crippen molar-refractivity contribution < 1.29 is 9.59 Å². The highest BCUT2D eigenvalue weighted by Crippen LogP contribution is 2.39. The molecule has 0 spiro atoms. The number of anilines is 2. The van der Waals surface area contributed by atoms with Gasteiger partial charge in [0.2, 0.25) is 11.8 Å². The molecule has 2 aromatic rings. The number of nitrogens with one attached hydrogen (secondary N) is 1. The lowest BCUT2D eigenvalue weighted by atomic mass is 10.1. The summed E-state index contributed by atoms with van der Waals surface area (Å²) in [7, 11) is 0. The van der Waals surface area contributed by atoms with Crippen LogP contribution in [0, 0.1) is 0 Å². The van der Waals surface area contributed by atoms with Crippen molar-refractivity contribution in [3.05, 3.63) is 58.6 Å². The molecule has 5 nitrogen and oxygen atoms in total. The van der Waals surface area contributed by atoms with Gasteiger partial charge in [0.15, 0.2) is 0 Å². The van der Waals surface area contributed by atoms with E-state index in [1.54, 1.807) is 0 Å². The predicted molar refractivity (Wildman–Crippen MR) is 114 cm³/mol. The summed E-state index contributed by atoms with van der Waals surface area (Å²) in [6.45, 7) is 2.24. The van der Waals surface area contributed by atoms with Crippen LogP contribution in [0.25, 0.3) is 0 Å². The number of fused-ring (bicyclic) bond motifs is 3. The average molecular weight is 442 g/mol. The molecule has 2 heterocycles. The summed E-state index contributed by atoms with van der Waals surface area (Å²) in [5, 5.41) is 2.90. The monoisotopic (exact) mass is 441 g/mol. The van der Waals surface area contributed by atoms with Gasteiger partial charge in [-0.1, -0.05) is 40.2 Å². The number of halogens is 1. The fraction of sp³-hybridized carbons (Fsp3) is 0.364. The molecule has 2 amide bonds. The van der Waals surface area contributed by atoms with Crippen LogP contribution in [0.4, 0.5) is 11.4 Å². The topological polar surface area (TPSA) is 52.7 Å². The number of benzene rings is 2. The second-order valence-electron chi connectivity index (χ2n) is 7.39. The smallest absolute Gasteiger partial charge is 0.227 e. The van der Waals surface area contributed by atoms with Gasteiger partial charge in [0.05, 0.1) is 11.4 Å². The van der Waals surface area contributed by atoms with Crippen molar-refractivity contribution in [1.29, 1.82) is 0 Å². The molecule has 28 heavy (non-hydrogen) atoms. The molecular weight excluding hydrogens is 418 g/mol. The number of para-hydroxylation sites is 2. The first-order valence-corrected chi connectivity index (χ1v) is 10.6. The van der Waals surface area contributed by atoms with Crippen LogP contribution in [0.1, 0.15) is 31.2 Å². The van der Waals surface area contributed by atoms with Crippen LogP contribution < -0.4 is 15.1 Å². The molecule has 2 aliphatic heterocycles. The quantitative estimate of drug-likeness (QED) is 0.765. The zero-order valence-corrected chi connectivity index (χ0v) is 17.3. The van der Waals surface area contributed by atoms with Crippen molar-refractivity contribution in [2.24, 2.45) is 0 Å². The van der Waals surface area contributed by atoms with E-state index in [4.69, 9.17) is 0 Å². The molecule has 1 fully saturated rings. The molecule has 1 atom stereocenters. The summed E-state index contributed by atoms with van der Waals surface area (Å²) in [5.41, 5.74) is 3.14. The van der Waals surface area contributed by atoms with E-state index in [1.165, 1.54) is 6.42 Å². The lowest BCUT2D eigenvalue weighted by molar-refractivity contribution is -0.125. The molecule has 146 valence electrons. The molecule has 6 heteroatoms. The van der Waals surface area contributed by atoms with Crippen LogP contribution in [-0.2, 0) is 16.1 Å². The third kappa shape index (κ3) is 4.07. The van der Waals surface area contributed by atoms with Gasteiger partial charge in [-0.05, 0) is 42.7 Å². The van der Waals surface area contributed by atoms with Gasteiger partial charge < -0.3 is 15.1 Å². The van der Waals surface area contributed by atoms with Gasteiger partial charge in [-0.25, -0.2) is 0 Å². The Balaban J connectivity index is 1.35. The van der Waals surface area contributed by atoms with E-state index in [1.807, 2.05) is 47.4 Å². The van der Waals surface area contributed by atoms with Crippen molar-refractivity contribution in [2.75, 3.05) is 22.9 Å². The maximum absolute atomic E-state index is 12.9. The highest BCUT2D eigenvalue weighted by Gasteiger charge is 2.35. The Morgan fingerprint density at radius 1 is 1.07 bits per heavy atom. The van der Waals surface area contributed by atoms with Crippen molar-refractivity contribution in [3.8, 4) is 0 Å². The Hall–Kier alpha value is -2.34. The maximum Gasteiger partial charge on any atom is 0.227 e. The molecular formula is C22H24BrN3O2. The lowest BCUT2D eigenvalue weighted by Crippen LogP contribution is -2.48. The number of hydrogen-bond acceptors (Lipinski definition) is 3. The maximum atomic E-state index is 12.9. The largest absolute Gasteiger partial charge is 0.365 e. The molecule has 1 saturated heterocycles. The van der Waals surface area contributed by atoms with Gasteiger partial charge in [-0.2, -0.15) is 0 Å². The van der Waals surface area contributed by atoms with Crippen molar-refractivity contribution >= 4 is 39.1 Å². The van der Waals surface area contributed by atoms with Gasteiger partial charge in [0.25, 0.3) is 0 Å². The van der Waals surface area contributed by atoms with E-state index in [2.05, 4.69) is 32.2 Å². The average Bonchev–Trinajstić information content (AvgIpc) is 3.19. The fourth-order valence-electron chi connectivity index (χ4n) is 4.11. The second-order valence-corrected chi connectivity index (χ2v) is 8.30. The molecule has 4 rings (SSSR count). The Labute approximate surface area is 173 Å². The van der Waals surface area contributed by atoms with E-state index >= 15 is 0 Å². The minimum atomic E-state index is -0.0962. The SMILES string of the molecule is O=C(CCC(=O)N1C[C@H]2CCCN2c2ccccc21)NCc1cccc(Br)c1. The van der Waals surface area contributed by atoms with Gasteiger partial charge in [-0.15, -0.1) is 0 Å². The first-order chi connectivity index (χ1) is 13.6. The van der Waals surface area contributed by atoms with Gasteiger partial charge in [-0.3, -0.25) is 9.59 Å². The highest BCUT2D eigenvalue weighted by molar-refractivity contribution is 9.10. The van der Waals surface area contributed by atoms with Crippen LogP contribution in [0.5, 0.6) is 0 Å². The van der Waals surface area contributed by atoms with E-state index in [0.29, 0.717) is 12.6 Å².